The Labute approximate surface area is 124 Å². The summed E-state index contributed by atoms with van der Waals surface area (Å²) in [5.74, 6) is 0.326. The molecule has 3 rings (SSSR count). The van der Waals surface area contributed by atoms with E-state index < -0.39 is 0 Å². The van der Waals surface area contributed by atoms with Gasteiger partial charge in [0.25, 0.3) is 5.91 Å². The zero-order chi connectivity index (χ0) is 14.5. The summed E-state index contributed by atoms with van der Waals surface area (Å²) in [6, 6.07) is 10.4. The Morgan fingerprint density at radius 3 is 2.90 bits per heavy atom. The van der Waals surface area contributed by atoms with Gasteiger partial charge in [-0.15, -0.1) is 0 Å². The number of nitrogens with one attached hydrogen (secondary N) is 1. The van der Waals surface area contributed by atoms with E-state index in [2.05, 4.69) is 44.5 Å². The molecule has 1 fully saturated rings. The van der Waals surface area contributed by atoms with Crippen LogP contribution in [0.3, 0.4) is 0 Å². The lowest BCUT2D eigenvalue weighted by Gasteiger charge is -2.18. The normalized spacial score (nSPS) is 17.7. The molecule has 2 aromatic rings. The Bertz CT molecular complexity index is 588. The van der Waals surface area contributed by atoms with E-state index in [1.165, 1.54) is 18.1 Å². The van der Waals surface area contributed by atoms with Gasteiger partial charge in [-0.2, -0.15) is 0 Å². The quantitative estimate of drug-likeness (QED) is 0.928. The van der Waals surface area contributed by atoms with Gasteiger partial charge in [0.2, 0.25) is 0 Å². The molecule has 1 aliphatic rings. The Morgan fingerprint density at radius 2 is 2.14 bits per heavy atom. The number of para-hydroxylation sites is 1. The summed E-state index contributed by atoms with van der Waals surface area (Å²) in [5.41, 5.74) is 1.62. The van der Waals surface area contributed by atoms with Crippen molar-refractivity contribution in [1.82, 2.24) is 15.3 Å². The lowest BCUT2D eigenvalue weighted by Crippen LogP contribution is -2.31. The standard InChI is InChI=1S/C16H18N4O/c21-16(15-11-17-7-8-18-15)19-10-13-6-9-20(12-13)14-4-2-1-3-5-14/h1-5,7-8,11,13H,6,9-10,12H2,(H,19,21). The molecule has 0 bridgehead atoms. The first-order valence-electron chi connectivity index (χ1n) is 7.17. The summed E-state index contributed by atoms with van der Waals surface area (Å²) >= 11 is 0. The number of aromatic nitrogens is 2. The molecule has 1 N–H and O–H groups in total. The van der Waals surface area contributed by atoms with Gasteiger partial charge in [-0.25, -0.2) is 4.98 Å². The SMILES string of the molecule is O=C(NCC1CCN(c2ccccc2)C1)c1cnccn1. The second kappa shape index (κ2) is 6.35. The Balaban J connectivity index is 1.50. The molecule has 1 aromatic heterocycles. The summed E-state index contributed by atoms with van der Waals surface area (Å²) in [6.45, 7) is 2.69. The van der Waals surface area contributed by atoms with Crippen LogP contribution >= 0.6 is 0 Å². The van der Waals surface area contributed by atoms with Crippen molar-refractivity contribution in [3.63, 3.8) is 0 Å². The van der Waals surface area contributed by atoms with Crippen LogP contribution in [0.15, 0.2) is 48.9 Å². The molecule has 1 saturated heterocycles. The van der Waals surface area contributed by atoms with Crippen molar-refractivity contribution < 1.29 is 4.79 Å². The van der Waals surface area contributed by atoms with Gasteiger partial charge in [0.1, 0.15) is 5.69 Å². The van der Waals surface area contributed by atoms with E-state index in [0.717, 1.165) is 19.5 Å². The second-order valence-electron chi connectivity index (χ2n) is 5.24. The third-order valence-corrected chi connectivity index (χ3v) is 3.75. The molecule has 0 aliphatic carbocycles. The van der Waals surface area contributed by atoms with Gasteiger partial charge in [-0.05, 0) is 24.5 Å². The molecule has 0 radical (unpaired) electrons. The van der Waals surface area contributed by atoms with Crippen LogP contribution in [0, 0.1) is 5.92 Å². The first-order chi connectivity index (χ1) is 10.3. The van der Waals surface area contributed by atoms with Crippen molar-refractivity contribution in [3.8, 4) is 0 Å². The summed E-state index contributed by atoms with van der Waals surface area (Å²) in [7, 11) is 0. The Hall–Kier alpha value is -2.43. The zero-order valence-corrected chi connectivity index (χ0v) is 11.8. The number of hydrogen-bond donors (Lipinski definition) is 1. The number of benzene rings is 1. The highest BCUT2D eigenvalue weighted by atomic mass is 16.1. The van der Waals surface area contributed by atoms with Crippen molar-refractivity contribution in [2.24, 2.45) is 5.92 Å². The number of amides is 1. The average Bonchev–Trinajstić information content (AvgIpc) is 3.03. The number of hydrogen-bond acceptors (Lipinski definition) is 4. The summed E-state index contributed by atoms with van der Waals surface area (Å²) in [4.78, 5) is 22.2. The van der Waals surface area contributed by atoms with E-state index in [1.807, 2.05) is 6.07 Å². The monoisotopic (exact) mass is 282 g/mol. The maximum absolute atomic E-state index is 11.9. The van der Waals surface area contributed by atoms with Gasteiger partial charge in [0.05, 0.1) is 6.20 Å². The fourth-order valence-corrected chi connectivity index (χ4v) is 2.62. The fraction of sp³-hybridized carbons (Fsp3) is 0.312. The number of carbonyl (C=O) groups excluding carboxylic acids is 1. The highest BCUT2D eigenvalue weighted by molar-refractivity contribution is 5.91. The van der Waals surface area contributed by atoms with Crippen molar-refractivity contribution in [3.05, 3.63) is 54.6 Å². The Kier molecular flexibility index (Phi) is 4.09. The van der Waals surface area contributed by atoms with Crippen molar-refractivity contribution in [2.45, 2.75) is 6.42 Å². The largest absolute Gasteiger partial charge is 0.371 e. The maximum atomic E-state index is 11.9. The molecule has 1 aromatic carbocycles. The molecule has 21 heavy (non-hydrogen) atoms. The zero-order valence-electron chi connectivity index (χ0n) is 11.8. The molecule has 1 atom stereocenters. The van der Waals surface area contributed by atoms with Crippen molar-refractivity contribution in [1.29, 1.82) is 0 Å². The molecule has 1 aliphatic heterocycles. The molecule has 1 amide bonds. The molecular weight excluding hydrogens is 264 g/mol. The molecular formula is C16H18N4O. The molecule has 5 nitrogen and oxygen atoms in total. The minimum absolute atomic E-state index is 0.152. The van der Waals surface area contributed by atoms with E-state index in [9.17, 15) is 4.79 Å². The van der Waals surface area contributed by atoms with Crippen LogP contribution in [0.1, 0.15) is 16.9 Å². The predicted molar refractivity (Wildman–Crippen MR) is 81.1 cm³/mol. The minimum Gasteiger partial charge on any atom is -0.371 e. The first kappa shape index (κ1) is 13.5. The first-order valence-corrected chi connectivity index (χ1v) is 7.17. The van der Waals surface area contributed by atoms with Crippen LogP contribution in [-0.2, 0) is 0 Å². The van der Waals surface area contributed by atoms with Crippen molar-refractivity contribution in [2.75, 3.05) is 24.5 Å². The summed E-state index contributed by atoms with van der Waals surface area (Å²) < 4.78 is 0. The van der Waals surface area contributed by atoms with E-state index in [4.69, 9.17) is 0 Å². The van der Waals surface area contributed by atoms with Crippen LogP contribution in [0.4, 0.5) is 5.69 Å². The van der Waals surface area contributed by atoms with E-state index >= 15 is 0 Å². The van der Waals surface area contributed by atoms with Gasteiger partial charge in [-0.3, -0.25) is 9.78 Å². The topological polar surface area (TPSA) is 58.1 Å². The van der Waals surface area contributed by atoms with Crippen LogP contribution in [0.25, 0.3) is 0 Å². The molecule has 2 heterocycles. The smallest absolute Gasteiger partial charge is 0.271 e. The lowest BCUT2D eigenvalue weighted by atomic mass is 10.1. The highest BCUT2D eigenvalue weighted by Crippen LogP contribution is 2.22. The fourth-order valence-electron chi connectivity index (χ4n) is 2.62. The van der Waals surface area contributed by atoms with Gasteiger partial charge in [-0.1, -0.05) is 18.2 Å². The highest BCUT2D eigenvalue weighted by Gasteiger charge is 2.23. The lowest BCUT2D eigenvalue weighted by molar-refractivity contribution is 0.0943. The average molecular weight is 282 g/mol. The van der Waals surface area contributed by atoms with Gasteiger partial charge < -0.3 is 10.2 Å². The number of anilines is 1. The number of carbonyl (C=O) groups is 1. The van der Waals surface area contributed by atoms with Crippen LogP contribution < -0.4 is 10.2 Å². The van der Waals surface area contributed by atoms with Gasteiger partial charge in [0.15, 0.2) is 0 Å². The van der Waals surface area contributed by atoms with Crippen LogP contribution in [0.5, 0.6) is 0 Å². The van der Waals surface area contributed by atoms with Crippen LogP contribution in [-0.4, -0.2) is 35.5 Å². The van der Waals surface area contributed by atoms with Gasteiger partial charge >= 0.3 is 0 Å². The number of rotatable bonds is 4. The van der Waals surface area contributed by atoms with E-state index in [-0.39, 0.29) is 5.91 Å². The van der Waals surface area contributed by atoms with E-state index in [1.54, 1.807) is 6.20 Å². The van der Waals surface area contributed by atoms with Crippen molar-refractivity contribution >= 4 is 11.6 Å². The second-order valence-corrected chi connectivity index (χ2v) is 5.24. The Morgan fingerprint density at radius 1 is 1.29 bits per heavy atom. The summed E-state index contributed by atoms with van der Waals surface area (Å²) in [5, 5.41) is 2.94. The van der Waals surface area contributed by atoms with Gasteiger partial charge in [0, 0.05) is 37.7 Å². The third kappa shape index (κ3) is 3.37. The summed E-state index contributed by atoms with van der Waals surface area (Å²) in [6.07, 6.45) is 5.67. The maximum Gasteiger partial charge on any atom is 0.271 e. The molecule has 0 spiro atoms. The predicted octanol–water partition coefficient (Wildman–Crippen LogP) is 1.73. The van der Waals surface area contributed by atoms with Crippen LogP contribution in [0.2, 0.25) is 0 Å². The molecule has 108 valence electrons. The number of nitrogens with zero attached hydrogens (tertiary/aromatic N) is 3. The molecule has 1 unspecified atom stereocenters. The minimum atomic E-state index is -0.152. The molecule has 0 saturated carbocycles. The molecule has 5 heteroatoms. The third-order valence-electron chi connectivity index (χ3n) is 3.75. The van der Waals surface area contributed by atoms with E-state index in [0.29, 0.717) is 18.2 Å².